The van der Waals surface area contributed by atoms with Crippen molar-refractivity contribution in [2.24, 2.45) is 5.10 Å². The first-order valence-corrected chi connectivity index (χ1v) is 14.6. The van der Waals surface area contributed by atoms with E-state index in [4.69, 9.17) is 61.2 Å². The van der Waals surface area contributed by atoms with Crippen LogP contribution in [-0.2, 0) is 20.9 Å². The fourth-order valence-electron chi connectivity index (χ4n) is 4.15. The Bertz CT molecular complexity index is 1600. The quantitative estimate of drug-likeness (QED) is 0.0978. The lowest BCUT2D eigenvalue weighted by Gasteiger charge is -2.30. The fraction of sp³-hybridized carbons (Fsp3) is 0.200. The summed E-state index contributed by atoms with van der Waals surface area (Å²) in [6.07, 6.45) is 1.41. The van der Waals surface area contributed by atoms with Crippen molar-refractivity contribution in [1.29, 1.82) is 0 Å². The molecule has 3 aromatic carbocycles. The number of thiocarbonyl (C=S) groups is 1. The van der Waals surface area contributed by atoms with Gasteiger partial charge >= 0.3 is 5.97 Å². The second kappa shape index (κ2) is 15.1. The summed E-state index contributed by atoms with van der Waals surface area (Å²) >= 11 is 23.7. The molecule has 0 aromatic heterocycles. The zero-order chi connectivity index (χ0) is 30.9. The van der Waals surface area contributed by atoms with Crippen molar-refractivity contribution in [3.05, 3.63) is 104 Å². The smallest absolute Gasteiger partial charge is 0.338 e. The summed E-state index contributed by atoms with van der Waals surface area (Å²) in [5.41, 5.74) is 5.24. The Morgan fingerprint density at radius 3 is 2.53 bits per heavy atom. The predicted octanol–water partition coefficient (Wildman–Crippen LogP) is 6.11. The minimum atomic E-state index is -0.644. The van der Waals surface area contributed by atoms with Crippen LogP contribution in [0.1, 0.15) is 36.6 Å². The molecule has 3 N–H and O–H groups in total. The Labute approximate surface area is 269 Å². The number of hydrogen-bond acceptors (Lipinski definition) is 7. The highest BCUT2D eigenvalue weighted by Gasteiger charge is 2.32. The molecule has 1 heterocycles. The maximum Gasteiger partial charge on any atom is 0.338 e. The highest BCUT2D eigenvalue weighted by atomic mass is 35.5. The van der Waals surface area contributed by atoms with Crippen LogP contribution in [0.25, 0.3) is 0 Å². The molecule has 0 saturated carbocycles. The number of nitrogens with one attached hydrogen (secondary N) is 3. The number of amides is 1. The van der Waals surface area contributed by atoms with Gasteiger partial charge in [0.2, 0.25) is 0 Å². The number of carbonyl (C=O) groups excluding carboxylic acids is 2. The van der Waals surface area contributed by atoms with Crippen LogP contribution in [0, 0.1) is 0 Å². The van der Waals surface area contributed by atoms with E-state index < -0.39 is 17.9 Å². The summed E-state index contributed by atoms with van der Waals surface area (Å²) in [5, 5.41) is 11.9. The van der Waals surface area contributed by atoms with E-state index in [0.717, 1.165) is 5.56 Å². The average molecular weight is 662 g/mol. The number of halogens is 3. The molecule has 1 aliphatic heterocycles. The van der Waals surface area contributed by atoms with E-state index in [2.05, 4.69) is 21.2 Å². The van der Waals surface area contributed by atoms with Gasteiger partial charge in [-0.3, -0.25) is 4.79 Å². The molecule has 1 aliphatic rings. The lowest BCUT2D eigenvalue weighted by Crippen LogP contribution is -2.45. The average Bonchev–Trinajstić information content (AvgIpc) is 2.96. The van der Waals surface area contributed by atoms with Crippen molar-refractivity contribution < 1.29 is 23.8 Å². The van der Waals surface area contributed by atoms with Crippen LogP contribution in [0.15, 0.2) is 77.0 Å². The normalized spacial score (nSPS) is 14.6. The Balaban J connectivity index is 1.41. The van der Waals surface area contributed by atoms with Gasteiger partial charge in [0.25, 0.3) is 5.91 Å². The number of allylic oxidation sites excluding steroid dienone is 1. The minimum Gasteiger partial charge on any atom is -0.488 e. The molecule has 0 fully saturated rings. The monoisotopic (exact) mass is 660 g/mol. The molecule has 0 aliphatic carbocycles. The van der Waals surface area contributed by atoms with Crippen molar-refractivity contribution in [3.8, 4) is 11.5 Å². The first kappa shape index (κ1) is 32.1. The Morgan fingerprint density at radius 2 is 1.77 bits per heavy atom. The molecule has 13 heteroatoms. The van der Waals surface area contributed by atoms with Gasteiger partial charge in [-0.1, -0.05) is 59.1 Å². The van der Waals surface area contributed by atoms with Gasteiger partial charge in [-0.25, -0.2) is 10.2 Å². The number of benzene rings is 3. The second-order valence-corrected chi connectivity index (χ2v) is 10.8. The predicted molar refractivity (Wildman–Crippen MR) is 171 cm³/mol. The van der Waals surface area contributed by atoms with E-state index in [1.54, 1.807) is 74.5 Å². The summed E-state index contributed by atoms with van der Waals surface area (Å²) in [7, 11) is 0. The van der Waals surface area contributed by atoms with E-state index >= 15 is 0 Å². The van der Waals surface area contributed by atoms with Crippen molar-refractivity contribution >= 4 is 70.2 Å². The molecule has 0 bridgehead atoms. The van der Waals surface area contributed by atoms with Gasteiger partial charge in [0, 0.05) is 37.5 Å². The van der Waals surface area contributed by atoms with Crippen LogP contribution in [0.4, 0.5) is 0 Å². The number of esters is 1. The SMILES string of the molecule is CCOC(=O)C1=C(C)NC(=S)N[C@@H]1c1ccccc1OCC(=O)NN=Cc1cc(Cl)ccc1OCc1ccc(Cl)cc1Cl. The van der Waals surface area contributed by atoms with Crippen molar-refractivity contribution in [2.45, 2.75) is 26.5 Å². The molecular formula is C30H27Cl3N4O5S. The van der Waals surface area contributed by atoms with E-state index in [-0.39, 0.29) is 19.8 Å². The van der Waals surface area contributed by atoms with Crippen LogP contribution in [0.2, 0.25) is 15.1 Å². The van der Waals surface area contributed by atoms with Gasteiger partial charge in [-0.15, -0.1) is 0 Å². The summed E-state index contributed by atoms with van der Waals surface area (Å²) < 4.78 is 17.0. The van der Waals surface area contributed by atoms with Crippen LogP contribution < -0.4 is 25.5 Å². The molecule has 3 aromatic rings. The molecule has 4 rings (SSSR count). The molecular weight excluding hydrogens is 635 g/mol. The van der Waals surface area contributed by atoms with E-state index in [1.807, 2.05) is 0 Å². The molecule has 9 nitrogen and oxygen atoms in total. The first-order valence-electron chi connectivity index (χ1n) is 13.0. The standard InChI is InChI=1S/C30H27Cl3N4O5S/c1-3-40-29(39)27-17(2)35-30(43)36-28(27)22-6-4-5-7-25(22)42-16-26(38)37-34-14-19-12-20(31)10-11-24(19)41-15-18-8-9-21(32)13-23(18)33/h4-14,28H,3,15-16H2,1-2H3,(H,37,38)(H2,35,36,43)/t28-/m1/s1. The number of carbonyl (C=O) groups is 2. The molecule has 0 saturated heterocycles. The zero-order valence-corrected chi connectivity index (χ0v) is 26.2. The molecule has 0 radical (unpaired) electrons. The van der Waals surface area contributed by atoms with Crippen molar-refractivity contribution in [1.82, 2.24) is 16.1 Å². The van der Waals surface area contributed by atoms with Crippen LogP contribution in [-0.4, -0.2) is 36.4 Å². The Hall–Kier alpha value is -3.83. The van der Waals surface area contributed by atoms with Crippen LogP contribution in [0.5, 0.6) is 11.5 Å². The third kappa shape index (κ3) is 8.61. The lowest BCUT2D eigenvalue weighted by atomic mass is 9.95. The Kier molecular flexibility index (Phi) is 11.2. The summed E-state index contributed by atoms with van der Waals surface area (Å²) in [6.45, 7) is 3.51. The maximum absolute atomic E-state index is 12.7. The van der Waals surface area contributed by atoms with Crippen LogP contribution in [0.3, 0.4) is 0 Å². The number of para-hydroxylation sites is 1. The fourth-order valence-corrected chi connectivity index (χ4v) is 5.07. The maximum atomic E-state index is 12.7. The van der Waals surface area contributed by atoms with Gasteiger partial charge in [0.15, 0.2) is 11.7 Å². The third-order valence-electron chi connectivity index (χ3n) is 6.12. The van der Waals surface area contributed by atoms with E-state index in [9.17, 15) is 9.59 Å². The molecule has 1 amide bonds. The second-order valence-electron chi connectivity index (χ2n) is 9.12. The summed E-state index contributed by atoms with van der Waals surface area (Å²) in [4.78, 5) is 25.4. The Morgan fingerprint density at radius 1 is 1.02 bits per heavy atom. The molecule has 224 valence electrons. The lowest BCUT2D eigenvalue weighted by molar-refractivity contribution is -0.139. The molecule has 43 heavy (non-hydrogen) atoms. The largest absolute Gasteiger partial charge is 0.488 e. The van der Waals surface area contributed by atoms with E-state index in [1.165, 1.54) is 6.21 Å². The highest BCUT2D eigenvalue weighted by molar-refractivity contribution is 7.80. The van der Waals surface area contributed by atoms with Gasteiger partial charge in [0.1, 0.15) is 18.1 Å². The summed E-state index contributed by atoms with van der Waals surface area (Å²) in [5.74, 6) is -0.152. The van der Waals surface area contributed by atoms with Gasteiger partial charge in [0.05, 0.1) is 24.4 Å². The zero-order valence-electron chi connectivity index (χ0n) is 23.1. The molecule has 1 atom stereocenters. The highest BCUT2D eigenvalue weighted by Crippen LogP contribution is 2.33. The number of rotatable bonds is 11. The van der Waals surface area contributed by atoms with Gasteiger partial charge < -0.3 is 24.8 Å². The number of ether oxygens (including phenoxy) is 3. The van der Waals surface area contributed by atoms with Gasteiger partial charge in [-0.2, -0.15) is 5.10 Å². The summed E-state index contributed by atoms with van der Waals surface area (Å²) in [6, 6.07) is 16.5. The van der Waals surface area contributed by atoms with Gasteiger partial charge in [-0.05, 0) is 62.5 Å². The third-order valence-corrected chi connectivity index (χ3v) is 7.16. The van der Waals surface area contributed by atoms with Crippen LogP contribution >= 0.6 is 47.0 Å². The van der Waals surface area contributed by atoms with E-state index in [0.29, 0.717) is 54.1 Å². The minimum absolute atomic E-state index is 0.182. The molecule has 0 unspecified atom stereocenters. The number of hydrazone groups is 1. The van der Waals surface area contributed by atoms with Crippen molar-refractivity contribution in [3.63, 3.8) is 0 Å². The van der Waals surface area contributed by atoms with Crippen molar-refractivity contribution in [2.75, 3.05) is 13.2 Å². The molecule has 0 spiro atoms. The number of hydrogen-bond donors (Lipinski definition) is 3. The number of nitrogens with zero attached hydrogens (tertiary/aromatic N) is 1. The first-order chi connectivity index (χ1) is 20.7. The topological polar surface area (TPSA) is 110 Å².